The Balaban J connectivity index is 1.68. The van der Waals surface area contributed by atoms with E-state index in [4.69, 9.17) is 0 Å². The van der Waals surface area contributed by atoms with Crippen molar-refractivity contribution in [2.24, 2.45) is 5.92 Å². The molecule has 2 aliphatic carbocycles. The van der Waals surface area contributed by atoms with Gasteiger partial charge >= 0.3 is 0 Å². The van der Waals surface area contributed by atoms with Crippen molar-refractivity contribution in [1.29, 1.82) is 0 Å². The third-order valence-electron chi connectivity index (χ3n) is 3.01. The molecule has 5 heteroatoms. The Morgan fingerprint density at radius 3 is 2.21 bits per heavy atom. The van der Waals surface area contributed by atoms with Gasteiger partial charge in [0.25, 0.3) is 5.92 Å². The van der Waals surface area contributed by atoms with Crippen LogP contribution >= 0.6 is 0 Å². The molecule has 0 aromatic carbocycles. The second-order valence-electron chi connectivity index (χ2n) is 4.37. The summed E-state index contributed by atoms with van der Waals surface area (Å²) in [5, 5.41) is 2.79. The molecular formula is C9H13F4N. The molecule has 0 radical (unpaired) electrons. The van der Waals surface area contributed by atoms with Crippen molar-refractivity contribution < 1.29 is 17.6 Å². The summed E-state index contributed by atoms with van der Waals surface area (Å²) in [5.41, 5.74) is 0. The van der Waals surface area contributed by atoms with Crippen molar-refractivity contribution in [2.45, 2.75) is 43.6 Å². The van der Waals surface area contributed by atoms with Gasteiger partial charge in [-0.05, 0) is 6.42 Å². The van der Waals surface area contributed by atoms with Gasteiger partial charge in [-0.15, -0.1) is 0 Å². The lowest BCUT2D eigenvalue weighted by Crippen LogP contribution is -2.30. The van der Waals surface area contributed by atoms with Gasteiger partial charge in [0.15, 0.2) is 0 Å². The second kappa shape index (κ2) is 3.08. The molecular weight excluding hydrogens is 198 g/mol. The summed E-state index contributed by atoms with van der Waals surface area (Å²) in [6, 6.07) is -0.276. The molecule has 2 rings (SSSR count). The van der Waals surface area contributed by atoms with Crippen LogP contribution in [-0.2, 0) is 0 Å². The highest BCUT2D eigenvalue weighted by atomic mass is 19.3. The molecule has 1 N–H and O–H groups in total. The van der Waals surface area contributed by atoms with Gasteiger partial charge in [-0.2, -0.15) is 0 Å². The van der Waals surface area contributed by atoms with Gasteiger partial charge in [-0.25, -0.2) is 17.6 Å². The molecule has 0 heterocycles. The van der Waals surface area contributed by atoms with Crippen LogP contribution in [0.5, 0.6) is 0 Å². The molecule has 2 fully saturated rings. The highest BCUT2D eigenvalue weighted by Gasteiger charge is 2.56. The van der Waals surface area contributed by atoms with Crippen molar-refractivity contribution in [3.05, 3.63) is 0 Å². The van der Waals surface area contributed by atoms with E-state index in [0.717, 1.165) is 0 Å². The first-order chi connectivity index (χ1) is 6.39. The van der Waals surface area contributed by atoms with Crippen molar-refractivity contribution in [3.63, 3.8) is 0 Å². The van der Waals surface area contributed by atoms with E-state index in [9.17, 15) is 17.6 Å². The van der Waals surface area contributed by atoms with Crippen molar-refractivity contribution in [2.75, 3.05) is 6.54 Å². The van der Waals surface area contributed by atoms with Crippen LogP contribution in [0, 0.1) is 5.92 Å². The molecule has 0 spiro atoms. The van der Waals surface area contributed by atoms with Crippen LogP contribution in [0.15, 0.2) is 0 Å². The van der Waals surface area contributed by atoms with Crippen molar-refractivity contribution in [3.8, 4) is 0 Å². The summed E-state index contributed by atoms with van der Waals surface area (Å²) < 4.78 is 50.3. The molecule has 2 unspecified atom stereocenters. The first-order valence-corrected chi connectivity index (χ1v) is 4.88. The summed E-state index contributed by atoms with van der Waals surface area (Å²) in [7, 11) is 0. The molecule has 82 valence electrons. The summed E-state index contributed by atoms with van der Waals surface area (Å²) in [6.45, 7) is 0.174. The zero-order valence-electron chi connectivity index (χ0n) is 7.70. The third-order valence-corrected chi connectivity index (χ3v) is 3.01. The fourth-order valence-electron chi connectivity index (χ4n) is 1.92. The highest BCUT2D eigenvalue weighted by Crippen LogP contribution is 2.48. The Hall–Kier alpha value is -0.320. The second-order valence-corrected chi connectivity index (χ2v) is 4.37. The van der Waals surface area contributed by atoms with Crippen molar-refractivity contribution in [1.82, 2.24) is 5.32 Å². The van der Waals surface area contributed by atoms with E-state index in [-0.39, 0.29) is 31.8 Å². The van der Waals surface area contributed by atoms with Crippen LogP contribution in [0.25, 0.3) is 0 Å². The lowest BCUT2D eigenvalue weighted by atomic mass is 10.2. The summed E-state index contributed by atoms with van der Waals surface area (Å²) in [5.74, 6) is -5.77. The molecule has 1 nitrogen and oxygen atoms in total. The highest BCUT2D eigenvalue weighted by molar-refractivity contribution is 4.97. The Morgan fingerprint density at radius 2 is 1.79 bits per heavy atom. The minimum atomic E-state index is -2.59. The van der Waals surface area contributed by atoms with Crippen LogP contribution < -0.4 is 5.32 Å². The lowest BCUT2D eigenvalue weighted by Gasteiger charge is -2.12. The summed E-state index contributed by atoms with van der Waals surface area (Å²) in [6.07, 6.45) is -0.0224. The fourth-order valence-corrected chi connectivity index (χ4v) is 1.92. The maximum atomic E-state index is 12.7. The van der Waals surface area contributed by atoms with E-state index >= 15 is 0 Å². The molecule has 2 aliphatic rings. The van der Waals surface area contributed by atoms with Gasteiger partial charge in [0, 0.05) is 37.8 Å². The van der Waals surface area contributed by atoms with Gasteiger partial charge in [-0.1, -0.05) is 0 Å². The molecule has 2 atom stereocenters. The minimum absolute atomic E-state index is 0.0941. The molecule has 0 saturated heterocycles. The minimum Gasteiger partial charge on any atom is -0.313 e. The first kappa shape index (κ1) is 10.2. The fraction of sp³-hybridized carbons (Fsp3) is 1.00. The molecule has 2 saturated carbocycles. The van der Waals surface area contributed by atoms with E-state index in [1.807, 2.05) is 0 Å². The lowest BCUT2D eigenvalue weighted by molar-refractivity contribution is 0.00681. The maximum absolute atomic E-state index is 12.7. The van der Waals surface area contributed by atoms with Crippen LogP contribution in [-0.4, -0.2) is 24.4 Å². The van der Waals surface area contributed by atoms with Gasteiger partial charge in [-0.3, -0.25) is 0 Å². The first-order valence-electron chi connectivity index (χ1n) is 4.88. The molecule has 0 aromatic rings. The van der Waals surface area contributed by atoms with Crippen LogP contribution in [0.3, 0.4) is 0 Å². The molecule has 0 aliphatic heterocycles. The van der Waals surface area contributed by atoms with Crippen LogP contribution in [0.4, 0.5) is 17.6 Å². The average Bonchev–Trinajstić information content (AvgIpc) is 2.48. The Bertz CT molecular complexity index is 229. The number of nitrogens with one attached hydrogen (secondary N) is 1. The van der Waals surface area contributed by atoms with E-state index < -0.39 is 17.8 Å². The largest absolute Gasteiger partial charge is 0.313 e. The zero-order valence-corrected chi connectivity index (χ0v) is 7.70. The quantitative estimate of drug-likeness (QED) is 0.707. The van der Waals surface area contributed by atoms with Crippen molar-refractivity contribution >= 4 is 0 Å². The average molecular weight is 211 g/mol. The Kier molecular flexibility index (Phi) is 2.25. The molecule has 0 amide bonds. The van der Waals surface area contributed by atoms with E-state index in [2.05, 4.69) is 5.32 Å². The van der Waals surface area contributed by atoms with Crippen LogP contribution in [0.1, 0.15) is 25.7 Å². The van der Waals surface area contributed by atoms with E-state index in [0.29, 0.717) is 6.42 Å². The van der Waals surface area contributed by atoms with E-state index in [1.165, 1.54) is 0 Å². The topological polar surface area (TPSA) is 12.0 Å². The molecule has 0 bridgehead atoms. The van der Waals surface area contributed by atoms with Gasteiger partial charge < -0.3 is 5.32 Å². The summed E-state index contributed by atoms with van der Waals surface area (Å²) in [4.78, 5) is 0. The third kappa shape index (κ3) is 2.19. The number of rotatable bonds is 3. The number of hydrogen-bond acceptors (Lipinski definition) is 1. The van der Waals surface area contributed by atoms with Gasteiger partial charge in [0.05, 0.1) is 0 Å². The smallest absolute Gasteiger partial charge is 0.252 e. The van der Waals surface area contributed by atoms with Gasteiger partial charge in [0.2, 0.25) is 5.92 Å². The van der Waals surface area contributed by atoms with E-state index in [1.54, 1.807) is 0 Å². The number of alkyl halides is 4. The predicted octanol–water partition coefficient (Wildman–Crippen LogP) is 2.42. The Labute approximate surface area is 79.9 Å². The molecule has 0 aromatic heterocycles. The normalized spacial score (nSPS) is 38.6. The number of halogens is 4. The monoisotopic (exact) mass is 211 g/mol. The predicted molar refractivity (Wildman–Crippen MR) is 43.6 cm³/mol. The van der Waals surface area contributed by atoms with Crippen LogP contribution in [0.2, 0.25) is 0 Å². The van der Waals surface area contributed by atoms with Gasteiger partial charge in [0.1, 0.15) is 0 Å². The zero-order chi connectivity index (χ0) is 10.4. The SMILES string of the molecule is FC1(F)CCC(NCC2CC2(F)F)C1. The molecule has 14 heavy (non-hydrogen) atoms. The summed E-state index contributed by atoms with van der Waals surface area (Å²) >= 11 is 0. The standard InChI is InChI=1S/C9H13F4N/c10-8(11)2-1-7(4-8)14-5-6-3-9(6,12)13/h6-7,14H,1-5H2. The maximum Gasteiger partial charge on any atom is 0.252 e. The Morgan fingerprint density at radius 1 is 1.14 bits per heavy atom. The number of hydrogen-bond donors (Lipinski definition) is 1.